The Morgan fingerprint density at radius 2 is 1.76 bits per heavy atom. The van der Waals surface area contributed by atoms with Crippen LogP contribution in [0.15, 0.2) is 46.9 Å². The molecule has 0 spiro atoms. The SMILES string of the molecule is Cc1cc(C)cc(CC(=O)c2cc3cc(F)ccc3o2)c1. The molecular formula is C18H15FO2. The van der Waals surface area contributed by atoms with E-state index in [9.17, 15) is 9.18 Å². The van der Waals surface area contributed by atoms with E-state index >= 15 is 0 Å². The van der Waals surface area contributed by atoms with E-state index in [0.29, 0.717) is 11.0 Å². The van der Waals surface area contributed by atoms with Gasteiger partial charge < -0.3 is 4.42 Å². The lowest BCUT2D eigenvalue weighted by molar-refractivity contribution is 0.0968. The van der Waals surface area contributed by atoms with Gasteiger partial charge in [-0.3, -0.25) is 4.79 Å². The molecule has 3 heteroatoms. The van der Waals surface area contributed by atoms with Gasteiger partial charge in [-0.25, -0.2) is 4.39 Å². The maximum absolute atomic E-state index is 13.2. The minimum atomic E-state index is -0.336. The summed E-state index contributed by atoms with van der Waals surface area (Å²) < 4.78 is 18.7. The molecule has 0 saturated carbocycles. The topological polar surface area (TPSA) is 30.2 Å². The van der Waals surface area contributed by atoms with Crippen LogP contribution in [0.25, 0.3) is 11.0 Å². The molecule has 0 radical (unpaired) electrons. The summed E-state index contributed by atoms with van der Waals surface area (Å²) in [4.78, 5) is 12.3. The number of rotatable bonds is 3. The van der Waals surface area contributed by atoms with Crippen molar-refractivity contribution in [3.63, 3.8) is 0 Å². The van der Waals surface area contributed by atoms with Gasteiger partial charge in [-0.05, 0) is 43.7 Å². The molecule has 3 rings (SSSR count). The summed E-state index contributed by atoms with van der Waals surface area (Å²) in [7, 11) is 0. The van der Waals surface area contributed by atoms with Crippen molar-refractivity contribution >= 4 is 16.8 Å². The van der Waals surface area contributed by atoms with Crippen molar-refractivity contribution in [1.29, 1.82) is 0 Å². The lowest BCUT2D eigenvalue weighted by Gasteiger charge is -2.03. The first-order chi connectivity index (χ1) is 10.0. The first-order valence-corrected chi connectivity index (χ1v) is 6.81. The van der Waals surface area contributed by atoms with Gasteiger partial charge in [0.25, 0.3) is 0 Å². The standard InChI is InChI=1S/C18H15FO2/c1-11-5-12(2)7-13(6-11)8-16(20)18-10-14-9-15(19)3-4-17(14)21-18/h3-7,9-10H,8H2,1-2H3. The number of ketones is 1. The highest BCUT2D eigenvalue weighted by Crippen LogP contribution is 2.22. The molecule has 0 aliphatic rings. The van der Waals surface area contributed by atoms with Gasteiger partial charge in [0, 0.05) is 11.8 Å². The number of benzene rings is 2. The summed E-state index contributed by atoms with van der Waals surface area (Å²) in [6.07, 6.45) is 0.283. The summed E-state index contributed by atoms with van der Waals surface area (Å²) in [5.74, 6) is -0.164. The molecule has 0 saturated heterocycles. The zero-order chi connectivity index (χ0) is 15.0. The average molecular weight is 282 g/mol. The van der Waals surface area contributed by atoms with Crippen molar-refractivity contribution in [3.05, 3.63) is 70.7 Å². The smallest absolute Gasteiger partial charge is 0.202 e. The average Bonchev–Trinajstić information content (AvgIpc) is 2.80. The van der Waals surface area contributed by atoms with Crippen molar-refractivity contribution in [3.8, 4) is 0 Å². The molecule has 0 fully saturated rings. The second-order valence-electron chi connectivity index (χ2n) is 5.39. The van der Waals surface area contributed by atoms with Crippen LogP contribution in [-0.4, -0.2) is 5.78 Å². The molecule has 0 amide bonds. The van der Waals surface area contributed by atoms with E-state index in [1.165, 1.54) is 18.2 Å². The van der Waals surface area contributed by atoms with Crippen LogP contribution in [-0.2, 0) is 6.42 Å². The van der Waals surface area contributed by atoms with Crippen LogP contribution in [0.2, 0.25) is 0 Å². The summed E-state index contributed by atoms with van der Waals surface area (Å²) in [5.41, 5.74) is 3.75. The lowest BCUT2D eigenvalue weighted by Crippen LogP contribution is -2.02. The maximum atomic E-state index is 13.2. The van der Waals surface area contributed by atoms with Crippen molar-refractivity contribution in [1.82, 2.24) is 0 Å². The van der Waals surface area contributed by atoms with E-state index in [2.05, 4.69) is 6.07 Å². The number of fused-ring (bicyclic) bond motifs is 1. The van der Waals surface area contributed by atoms with Gasteiger partial charge in [0.15, 0.2) is 5.76 Å². The van der Waals surface area contributed by atoms with Crippen molar-refractivity contribution in [2.75, 3.05) is 0 Å². The highest BCUT2D eigenvalue weighted by atomic mass is 19.1. The molecule has 21 heavy (non-hydrogen) atoms. The number of Topliss-reactive ketones (excluding diaryl/α,β-unsaturated/α-hetero) is 1. The number of furan rings is 1. The fourth-order valence-electron chi connectivity index (χ4n) is 2.60. The number of hydrogen-bond acceptors (Lipinski definition) is 2. The Morgan fingerprint density at radius 1 is 1.05 bits per heavy atom. The van der Waals surface area contributed by atoms with E-state index in [1.807, 2.05) is 26.0 Å². The highest BCUT2D eigenvalue weighted by molar-refractivity contribution is 5.98. The fourth-order valence-corrected chi connectivity index (χ4v) is 2.60. The summed E-state index contributed by atoms with van der Waals surface area (Å²) >= 11 is 0. The van der Waals surface area contributed by atoms with Crippen LogP contribution in [0.1, 0.15) is 27.2 Å². The Labute approximate surface area is 122 Å². The van der Waals surface area contributed by atoms with Crippen LogP contribution in [0, 0.1) is 19.7 Å². The van der Waals surface area contributed by atoms with Crippen LogP contribution >= 0.6 is 0 Å². The van der Waals surface area contributed by atoms with Gasteiger partial charge in [0.2, 0.25) is 5.78 Å². The summed E-state index contributed by atoms with van der Waals surface area (Å²) in [5, 5.41) is 0.610. The number of carbonyl (C=O) groups excluding carboxylic acids is 1. The molecule has 2 aromatic carbocycles. The minimum Gasteiger partial charge on any atom is -0.453 e. The monoisotopic (exact) mass is 282 g/mol. The third-order valence-electron chi connectivity index (χ3n) is 3.40. The molecule has 0 aliphatic carbocycles. The Kier molecular flexibility index (Phi) is 3.34. The highest BCUT2D eigenvalue weighted by Gasteiger charge is 2.13. The molecular weight excluding hydrogens is 267 g/mol. The Bertz CT molecular complexity index is 810. The fraction of sp³-hybridized carbons (Fsp3) is 0.167. The van der Waals surface area contributed by atoms with E-state index in [1.54, 1.807) is 6.07 Å². The molecule has 0 aliphatic heterocycles. The molecule has 0 bridgehead atoms. The van der Waals surface area contributed by atoms with Gasteiger partial charge in [-0.2, -0.15) is 0 Å². The third-order valence-corrected chi connectivity index (χ3v) is 3.40. The minimum absolute atomic E-state index is 0.100. The summed E-state index contributed by atoms with van der Waals surface area (Å²) in [6.45, 7) is 4.01. The molecule has 106 valence electrons. The molecule has 0 N–H and O–H groups in total. The van der Waals surface area contributed by atoms with Crippen molar-refractivity contribution < 1.29 is 13.6 Å². The van der Waals surface area contributed by atoms with Gasteiger partial charge in [0.1, 0.15) is 11.4 Å². The molecule has 3 aromatic rings. The van der Waals surface area contributed by atoms with E-state index in [-0.39, 0.29) is 23.8 Å². The van der Waals surface area contributed by atoms with Crippen molar-refractivity contribution in [2.45, 2.75) is 20.3 Å². The molecule has 0 unspecified atom stereocenters. The van der Waals surface area contributed by atoms with Crippen LogP contribution < -0.4 is 0 Å². The van der Waals surface area contributed by atoms with E-state index < -0.39 is 0 Å². The van der Waals surface area contributed by atoms with E-state index in [4.69, 9.17) is 4.42 Å². The zero-order valence-corrected chi connectivity index (χ0v) is 11.9. The van der Waals surface area contributed by atoms with Gasteiger partial charge in [-0.15, -0.1) is 0 Å². The number of aryl methyl sites for hydroxylation is 2. The number of carbonyl (C=O) groups is 1. The normalized spacial score (nSPS) is 11.0. The third kappa shape index (κ3) is 2.87. The molecule has 1 heterocycles. The summed E-state index contributed by atoms with van der Waals surface area (Å²) in [6, 6.07) is 11.9. The predicted octanol–water partition coefficient (Wildman–Crippen LogP) is 4.61. The zero-order valence-electron chi connectivity index (χ0n) is 11.9. The second-order valence-corrected chi connectivity index (χ2v) is 5.39. The Morgan fingerprint density at radius 3 is 2.48 bits per heavy atom. The van der Waals surface area contributed by atoms with Gasteiger partial charge >= 0.3 is 0 Å². The largest absolute Gasteiger partial charge is 0.453 e. The first kappa shape index (κ1) is 13.6. The number of hydrogen-bond donors (Lipinski definition) is 0. The first-order valence-electron chi connectivity index (χ1n) is 6.81. The Balaban J connectivity index is 1.89. The molecule has 0 atom stereocenters. The van der Waals surface area contributed by atoms with Crippen LogP contribution in [0.5, 0.6) is 0 Å². The second kappa shape index (κ2) is 5.17. The van der Waals surface area contributed by atoms with Crippen molar-refractivity contribution in [2.24, 2.45) is 0 Å². The number of halogens is 1. The quantitative estimate of drug-likeness (QED) is 0.656. The predicted molar refractivity (Wildman–Crippen MR) is 80.1 cm³/mol. The maximum Gasteiger partial charge on any atom is 0.202 e. The van der Waals surface area contributed by atoms with Gasteiger partial charge in [0.05, 0.1) is 0 Å². The molecule has 1 aromatic heterocycles. The van der Waals surface area contributed by atoms with Crippen LogP contribution in [0.3, 0.4) is 0 Å². The lowest BCUT2D eigenvalue weighted by atomic mass is 10.0. The molecule has 2 nitrogen and oxygen atoms in total. The van der Waals surface area contributed by atoms with Crippen LogP contribution in [0.4, 0.5) is 4.39 Å². The van der Waals surface area contributed by atoms with Gasteiger partial charge in [-0.1, -0.05) is 29.3 Å². The van der Waals surface area contributed by atoms with E-state index in [0.717, 1.165) is 16.7 Å². The Hall–Kier alpha value is -2.42.